The second-order valence-electron chi connectivity index (χ2n) is 7.44. The zero-order valence-corrected chi connectivity index (χ0v) is 17.7. The van der Waals surface area contributed by atoms with Crippen LogP contribution in [0, 0.1) is 6.92 Å². The fourth-order valence-electron chi connectivity index (χ4n) is 3.83. The van der Waals surface area contributed by atoms with Crippen LogP contribution in [0.15, 0.2) is 49.3 Å². The number of ether oxygens (including phenoxy) is 1. The fourth-order valence-corrected chi connectivity index (χ4v) is 4.43. The van der Waals surface area contributed by atoms with E-state index < -0.39 is 0 Å². The quantitative estimate of drug-likeness (QED) is 0.459. The van der Waals surface area contributed by atoms with Gasteiger partial charge in [-0.05, 0) is 56.0 Å². The Morgan fingerprint density at radius 1 is 1.19 bits per heavy atom. The van der Waals surface area contributed by atoms with Crippen molar-refractivity contribution in [1.82, 2.24) is 10.3 Å². The Morgan fingerprint density at radius 2 is 2.06 bits per heavy atom. The number of benzene rings is 1. The number of amides is 1. The Labute approximate surface area is 181 Å². The van der Waals surface area contributed by atoms with Gasteiger partial charge in [0.1, 0.15) is 22.8 Å². The third kappa shape index (κ3) is 3.98. The smallest absolute Gasteiger partial charge is 0.339 e. The van der Waals surface area contributed by atoms with Crippen molar-refractivity contribution in [3.8, 4) is 17.2 Å². The molecule has 1 amide bonds. The zero-order chi connectivity index (χ0) is 21.4. The second kappa shape index (κ2) is 8.03. The normalized spacial score (nSPS) is 12.8. The molecule has 5 rings (SSSR count). The molecule has 7 nitrogen and oxygen atoms in total. The molecule has 0 fully saturated rings. The standard InChI is InChI=1S/C23H20N2O5S/c1-13-25-19(12-31-13)20-8-6-15(29-20)10-24-22(26)11-28-14-5-7-17-16-3-2-4-18(16)23(27)30-21(17)9-14/h5-9,12H,2-4,10-11H2,1H3,(H,24,26). The van der Waals surface area contributed by atoms with E-state index in [1.807, 2.05) is 30.5 Å². The van der Waals surface area contributed by atoms with E-state index in [1.165, 1.54) is 0 Å². The van der Waals surface area contributed by atoms with E-state index in [9.17, 15) is 9.59 Å². The molecule has 4 aromatic rings. The molecule has 0 spiro atoms. The summed E-state index contributed by atoms with van der Waals surface area (Å²) < 4.78 is 16.8. The number of nitrogens with one attached hydrogen (secondary N) is 1. The Hall–Kier alpha value is -3.39. The molecule has 0 saturated carbocycles. The maximum Gasteiger partial charge on any atom is 0.339 e. The predicted molar refractivity (Wildman–Crippen MR) is 116 cm³/mol. The van der Waals surface area contributed by atoms with Crippen molar-refractivity contribution < 1.29 is 18.4 Å². The van der Waals surface area contributed by atoms with Crippen LogP contribution in [0.2, 0.25) is 0 Å². The summed E-state index contributed by atoms with van der Waals surface area (Å²) in [6, 6.07) is 9.00. The van der Waals surface area contributed by atoms with Crippen molar-refractivity contribution in [2.24, 2.45) is 0 Å². The molecule has 0 radical (unpaired) electrons. The van der Waals surface area contributed by atoms with Gasteiger partial charge in [0.05, 0.1) is 11.6 Å². The van der Waals surface area contributed by atoms with Crippen LogP contribution >= 0.6 is 11.3 Å². The Bertz CT molecular complexity index is 1330. The first kappa shape index (κ1) is 19.6. The first-order chi connectivity index (χ1) is 15.1. The summed E-state index contributed by atoms with van der Waals surface area (Å²) in [4.78, 5) is 28.7. The first-order valence-corrected chi connectivity index (χ1v) is 10.9. The van der Waals surface area contributed by atoms with Gasteiger partial charge in [-0.2, -0.15) is 0 Å². The van der Waals surface area contributed by atoms with Gasteiger partial charge in [0.2, 0.25) is 0 Å². The highest BCUT2D eigenvalue weighted by Gasteiger charge is 2.19. The number of aryl methyl sites for hydroxylation is 2. The van der Waals surface area contributed by atoms with E-state index in [4.69, 9.17) is 13.6 Å². The van der Waals surface area contributed by atoms with E-state index in [0.717, 1.165) is 46.5 Å². The molecule has 8 heteroatoms. The van der Waals surface area contributed by atoms with Crippen molar-refractivity contribution in [1.29, 1.82) is 0 Å². The number of fused-ring (bicyclic) bond motifs is 3. The van der Waals surface area contributed by atoms with Crippen LogP contribution in [0.1, 0.15) is 28.3 Å². The number of nitrogens with zero attached hydrogens (tertiary/aromatic N) is 1. The fraction of sp³-hybridized carbons (Fsp3) is 0.261. The van der Waals surface area contributed by atoms with E-state index in [1.54, 1.807) is 23.5 Å². The van der Waals surface area contributed by atoms with Crippen molar-refractivity contribution in [2.75, 3.05) is 6.61 Å². The van der Waals surface area contributed by atoms with Crippen LogP contribution in [0.5, 0.6) is 5.75 Å². The van der Waals surface area contributed by atoms with Crippen molar-refractivity contribution in [2.45, 2.75) is 32.7 Å². The molecule has 1 N–H and O–H groups in total. The highest BCUT2D eigenvalue weighted by Crippen LogP contribution is 2.29. The highest BCUT2D eigenvalue weighted by atomic mass is 32.1. The van der Waals surface area contributed by atoms with Crippen molar-refractivity contribution >= 4 is 28.2 Å². The number of thiazole rings is 1. The second-order valence-corrected chi connectivity index (χ2v) is 8.50. The largest absolute Gasteiger partial charge is 0.484 e. The summed E-state index contributed by atoms with van der Waals surface area (Å²) >= 11 is 1.56. The highest BCUT2D eigenvalue weighted by molar-refractivity contribution is 7.09. The molecule has 0 unspecified atom stereocenters. The molecule has 158 valence electrons. The summed E-state index contributed by atoms with van der Waals surface area (Å²) in [6.07, 6.45) is 2.63. The molecular formula is C23H20N2O5S. The van der Waals surface area contributed by atoms with Crippen LogP contribution in [0.4, 0.5) is 0 Å². The van der Waals surface area contributed by atoms with Crippen LogP contribution in [0.3, 0.4) is 0 Å². The topological polar surface area (TPSA) is 94.6 Å². The van der Waals surface area contributed by atoms with Gasteiger partial charge in [-0.25, -0.2) is 9.78 Å². The molecule has 0 bridgehead atoms. The summed E-state index contributed by atoms with van der Waals surface area (Å²) in [5, 5.41) is 6.61. The lowest BCUT2D eigenvalue weighted by atomic mass is 10.1. The molecule has 0 saturated heterocycles. The lowest BCUT2D eigenvalue weighted by Gasteiger charge is -2.09. The molecule has 1 aromatic carbocycles. The van der Waals surface area contributed by atoms with E-state index in [0.29, 0.717) is 22.9 Å². The minimum absolute atomic E-state index is 0.153. The number of rotatable bonds is 6. The van der Waals surface area contributed by atoms with Crippen molar-refractivity contribution in [3.05, 3.63) is 68.0 Å². The molecule has 1 aliphatic carbocycles. The number of aromatic nitrogens is 1. The molecule has 3 aromatic heterocycles. The van der Waals surface area contributed by atoms with Crippen LogP contribution < -0.4 is 15.7 Å². The van der Waals surface area contributed by atoms with Gasteiger partial charge in [-0.15, -0.1) is 11.3 Å². The van der Waals surface area contributed by atoms with Crippen LogP contribution in [0.25, 0.3) is 22.4 Å². The third-order valence-electron chi connectivity index (χ3n) is 5.31. The van der Waals surface area contributed by atoms with Gasteiger partial charge in [0.25, 0.3) is 5.91 Å². The number of furan rings is 1. The minimum Gasteiger partial charge on any atom is -0.484 e. The number of carbonyl (C=O) groups is 1. The summed E-state index contributed by atoms with van der Waals surface area (Å²) in [7, 11) is 0. The van der Waals surface area contributed by atoms with Gasteiger partial charge in [0, 0.05) is 22.4 Å². The van der Waals surface area contributed by atoms with Crippen LogP contribution in [-0.4, -0.2) is 17.5 Å². The maximum atomic E-state index is 12.2. The van der Waals surface area contributed by atoms with Gasteiger partial charge in [0.15, 0.2) is 12.4 Å². The van der Waals surface area contributed by atoms with Gasteiger partial charge < -0.3 is 18.9 Å². The average Bonchev–Trinajstić information content (AvgIpc) is 3.51. The Kier molecular flexibility index (Phi) is 5.07. The maximum absolute atomic E-state index is 12.2. The van der Waals surface area contributed by atoms with E-state index in [2.05, 4.69) is 10.3 Å². The van der Waals surface area contributed by atoms with Crippen molar-refractivity contribution in [3.63, 3.8) is 0 Å². The lowest BCUT2D eigenvalue weighted by molar-refractivity contribution is -0.123. The van der Waals surface area contributed by atoms with E-state index >= 15 is 0 Å². The SMILES string of the molecule is Cc1nc(-c2ccc(CNC(=O)COc3ccc4c5c(c(=O)oc4c3)CCC5)o2)cs1. The molecular weight excluding hydrogens is 416 g/mol. The summed E-state index contributed by atoms with van der Waals surface area (Å²) in [5.41, 5.74) is 2.86. The minimum atomic E-state index is -0.280. The average molecular weight is 436 g/mol. The summed E-state index contributed by atoms with van der Waals surface area (Å²) in [6.45, 7) is 2.04. The predicted octanol–water partition coefficient (Wildman–Crippen LogP) is 4.00. The molecule has 0 aliphatic heterocycles. The molecule has 31 heavy (non-hydrogen) atoms. The summed E-state index contributed by atoms with van der Waals surface area (Å²) in [5.74, 6) is 1.50. The monoisotopic (exact) mass is 436 g/mol. The number of carbonyl (C=O) groups excluding carboxylic acids is 1. The number of hydrogen-bond donors (Lipinski definition) is 1. The van der Waals surface area contributed by atoms with Gasteiger partial charge in [-0.3, -0.25) is 4.79 Å². The third-order valence-corrected chi connectivity index (χ3v) is 6.08. The molecule has 0 atom stereocenters. The van der Waals surface area contributed by atoms with Gasteiger partial charge >= 0.3 is 5.63 Å². The molecule has 1 aliphatic rings. The van der Waals surface area contributed by atoms with Gasteiger partial charge in [-0.1, -0.05) is 0 Å². The Morgan fingerprint density at radius 3 is 2.90 bits per heavy atom. The van der Waals surface area contributed by atoms with Crippen LogP contribution in [-0.2, 0) is 24.2 Å². The zero-order valence-electron chi connectivity index (χ0n) is 16.9. The number of hydrogen-bond acceptors (Lipinski definition) is 7. The lowest BCUT2D eigenvalue weighted by Crippen LogP contribution is -2.28. The Balaban J connectivity index is 1.19. The first-order valence-electron chi connectivity index (χ1n) is 10.1. The van der Waals surface area contributed by atoms with E-state index in [-0.39, 0.29) is 24.7 Å². The molecule has 3 heterocycles.